The molecule has 2 aromatic heterocycles. The Morgan fingerprint density at radius 2 is 2.20 bits per heavy atom. The number of nitrogens with zero attached hydrogens (tertiary/aromatic N) is 2. The Morgan fingerprint density at radius 1 is 1.40 bits per heavy atom. The number of methoxy groups -OCH3 is 1. The fourth-order valence-corrected chi connectivity index (χ4v) is 1.25. The molecule has 0 bridgehead atoms. The fraction of sp³-hybridized carbons (Fsp3) is 0.100. The summed E-state index contributed by atoms with van der Waals surface area (Å²) in [5.41, 5.74) is 2.03. The van der Waals surface area contributed by atoms with Crippen LogP contribution < -0.4 is 5.59 Å². The summed E-state index contributed by atoms with van der Waals surface area (Å²) in [6, 6.07) is 5.01. The van der Waals surface area contributed by atoms with Crippen LogP contribution in [0.3, 0.4) is 0 Å². The monoisotopic (exact) mass is 198 g/mol. The largest absolute Gasteiger partial charge is 0.465 e. The molecule has 0 amide bonds. The Bertz CT molecular complexity index is 528. The first-order valence-corrected chi connectivity index (χ1v) is 4.31. The van der Waals surface area contributed by atoms with E-state index < -0.39 is 5.97 Å². The molecule has 0 N–H and O–H groups in total. The summed E-state index contributed by atoms with van der Waals surface area (Å²) in [5.74, 6) is -0.436. The molecule has 2 radical (unpaired) electrons. The summed E-state index contributed by atoms with van der Waals surface area (Å²) < 4.78 is 4.58. The minimum Gasteiger partial charge on any atom is -0.465 e. The predicted octanol–water partition coefficient (Wildman–Crippen LogP) is 0.210. The van der Waals surface area contributed by atoms with Crippen molar-refractivity contribution >= 4 is 30.4 Å². The third-order valence-electron chi connectivity index (χ3n) is 1.98. The van der Waals surface area contributed by atoms with Crippen LogP contribution in [-0.4, -0.2) is 30.9 Å². The number of esters is 1. The van der Waals surface area contributed by atoms with Crippen LogP contribution in [0, 0.1) is 0 Å². The van der Waals surface area contributed by atoms with E-state index in [0.29, 0.717) is 22.2 Å². The number of rotatable bonds is 1. The molecule has 15 heavy (non-hydrogen) atoms. The Labute approximate surface area is 87.7 Å². The summed E-state index contributed by atoms with van der Waals surface area (Å²) in [6.45, 7) is 0. The van der Waals surface area contributed by atoms with E-state index in [9.17, 15) is 4.79 Å². The van der Waals surface area contributed by atoms with Crippen LogP contribution >= 0.6 is 0 Å². The maximum atomic E-state index is 11.2. The second kappa shape index (κ2) is 3.69. The van der Waals surface area contributed by atoms with Crippen molar-refractivity contribution in [2.24, 2.45) is 0 Å². The molecular formula is C10H7BN2O2. The summed E-state index contributed by atoms with van der Waals surface area (Å²) >= 11 is 0. The van der Waals surface area contributed by atoms with Gasteiger partial charge in [-0.3, -0.25) is 9.97 Å². The van der Waals surface area contributed by atoms with Gasteiger partial charge in [-0.2, -0.15) is 0 Å². The third kappa shape index (κ3) is 1.81. The molecule has 2 rings (SSSR count). The number of carbonyl (C=O) groups excluding carboxylic acids is 1. The lowest BCUT2D eigenvalue weighted by Crippen LogP contribution is -2.08. The zero-order chi connectivity index (χ0) is 10.8. The van der Waals surface area contributed by atoms with Gasteiger partial charge in [0.2, 0.25) is 0 Å². The highest BCUT2D eigenvalue weighted by atomic mass is 16.5. The van der Waals surface area contributed by atoms with E-state index in [1.54, 1.807) is 18.2 Å². The number of hydrogen-bond donors (Lipinski definition) is 0. The topological polar surface area (TPSA) is 52.1 Å². The number of hydrogen-bond acceptors (Lipinski definition) is 4. The van der Waals surface area contributed by atoms with Crippen molar-refractivity contribution in [3.05, 3.63) is 30.0 Å². The van der Waals surface area contributed by atoms with Gasteiger partial charge in [-0.25, -0.2) is 4.79 Å². The standard InChI is InChI=1S/C10H7BN2O2/c1-15-10(14)6-4-8-7(12-5-6)2-3-9(11)13-8/h2-5H,1H3. The van der Waals surface area contributed by atoms with Gasteiger partial charge in [0, 0.05) is 6.20 Å². The van der Waals surface area contributed by atoms with Crippen molar-refractivity contribution in [1.82, 2.24) is 9.97 Å². The highest BCUT2D eigenvalue weighted by Crippen LogP contribution is 2.09. The molecule has 0 aliphatic rings. The SMILES string of the molecule is [B]c1ccc2ncc(C(=O)OC)cc2n1. The molecule has 5 heteroatoms. The molecule has 72 valence electrons. The molecule has 0 aromatic carbocycles. The molecule has 0 unspecified atom stereocenters. The second-order valence-corrected chi connectivity index (χ2v) is 2.99. The van der Waals surface area contributed by atoms with E-state index in [1.807, 2.05) is 0 Å². The van der Waals surface area contributed by atoms with Gasteiger partial charge in [0.15, 0.2) is 0 Å². The van der Waals surface area contributed by atoms with Crippen LogP contribution in [0.5, 0.6) is 0 Å². The van der Waals surface area contributed by atoms with Crippen LogP contribution in [0.25, 0.3) is 11.0 Å². The Morgan fingerprint density at radius 3 is 2.93 bits per heavy atom. The lowest BCUT2D eigenvalue weighted by atomic mass is 10.0. The quantitative estimate of drug-likeness (QED) is 0.485. The van der Waals surface area contributed by atoms with Gasteiger partial charge in [-0.05, 0) is 23.8 Å². The zero-order valence-electron chi connectivity index (χ0n) is 8.10. The van der Waals surface area contributed by atoms with Crippen LogP contribution in [0.4, 0.5) is 0 Å². The van der Waals surface area contributed by atoms with Crippen LogP contribution in [0.1, 0.15) is 10.4 Å². The molecule has 0 saturated carbocycles. The lowest BCUT2D eigenvalue weighted by molar-refractivity contribution is 0.0600. The Kier molecular flexibility index (Phi) is 2.37. The average molecular weight is 198 g/mol. The van der Waals surface area contributed by atoms with E-state index in [0.717, 1.165) is 0 Å². The fourth-order valence-electron chi connectivity index (χ4n) is 1.25. The number of fused-ring (bicyclic) bond motifs is 1. The molecule has 0 aliphatic heterocycles. The summed E-state index contributed by atoms with van der Waals surface area (Å²) in [7, 11) is 6.85. The van der Waals surface area contributed by atoms with E-state index in [4.69, 9.17) is 7.85 Å². The zero-order valence-corrected chi connectivity index (χ0v) is 8.10. The first-order valence-electron chi connectivity index (χ1n) is 4.31. The molecule has 4 nitrogen and oxygen atoms in total. The average Bonchev–Trinajstić information content (AvgIpc) is 2.27. The van der Waals surface area contributed by atoms with Gasteiger partial charge in [-0.1, -0.05) is 0 Å². The van der Waals surface area contributed by atoms with Crippen molar-refractivity contribution in [3.8, 4) is 0 Å². The number of ether oxygens (including phenoxy) is 1. The normalized spacial score (nSPS) is 10.2. The second-order valence-electron chi connectivity index (χ2n) is 2.99. The first kappa shape index (κ1) is 9.64. The maximum Gasteiger partial charge on any atom is 0.339 e. The maximum absolute atomic E-state index is 11.2. The highest BCUT2D eigenvalue weighted by molar-refractivity contribution is 6.31. The van der Waals surface area contributed by atoms with Crippen molar-refractivity contribution < 1.29 is 9.53 Å². The van der Waals surface area contributed by atoms with E-state index >= 15 is 0 Å². The third-order valence-corrected chi connectivity index (χ3v) is 1.98. The number of aromatic nitrogens is 2. The predicted molar refractivity (Wildman–Crippen MR) is 56.3 cm³/mol. The minimum absolute atomic E-state index is 0.364. The Balaban J connectivity index is 2.59. The summed E-state index contributed by atoms with van der Waals surface area (Å²) in [5, 5.41) is 0. The Hall–Kier alpha value is -1.91. The van der Waals surface area contributed by atoms with E-state index in [1.165, 1.54) is 13.3 Å². The van der Waals surface area contributed by atoms with Gasteiger partial charge in [0.25, 0.3) is 0 Å². The van der Waals surface area contributed by atoms with Gasteiger partial charge in [0.05, 0.1) is 23.7 Å². The van der Waals surface area contributed by atoms with Crippen LogP contribution in [0.2, 0.25) is 0 Å². The van der Waals surface area contributed by atoms with E-state index in [-0.39, 0.29) is 0 Å². The molecule has 0 saturated heterocycles. The molecule has 0 fully saturated rings. The van der Waals surface area contributed by atoms with Crippen molar-refractivity contribution in [2.75, 3.05) is 7.11 Å². The van der Waals surface area contributed by atoms with Crippen molar-refractivity contribution in [1.29, 1.82) is 0 Å². The lowest BCUT2D eigenvalue weighted by Gasteiger charge is -2.01. The number of carbonyl (C=O) groups is 1. The van der Waals surface area contributed by atoms with Gasteiger partial charge < -0.3 is 4.74 Å². The van der Waals surface area contributed by atoms with Crippen molar-refractivity contribution in [3.63, 3.8) is 0 Å². The van der Waals surface area contributed by atoms with Crippen LogP contribution in [-0.2, 0) is 4.74 Å². The molecular weight excluding hydrogens is 191 g/mol. The summed E-state index contributed by atoms with van der Waals surface area (Å²) in [6.07, 6.45) is 1.45. The molecule has 2 heterocycles. The smallest absolute Gasteiger partial charge is 0.339 e. The van der Waals surface area contributed by atoms with Gasteiger partial charge >= 0.3 is 5.97 Å². The molecule has 0 atom stereocenters. The molecule has 2 aromatic rings. The van der Waals surface area contributed by atoms with Gasteiger partial charge in [-0.15, -0.1) is 0 Å². The van der Waals surface area contributed by atoms with Gasteiger partial charge in [0.1, 0.15) is 7.85 Å². The molecule has 0 spiro atoms. The number of pyridine rings is 2. The van der Waals surface area contributed by atoms with E-state index in [2.05, 4.69) is 14.7 Å². The highest BCUT2D eigenvalue weighted by Gasteiger charge is 2.07. The first-order chi connectivity index (χ1) is 7.20. The summed E-state index contributed by atoms with van der Waals surface area (Å²) in [4.78, 5) is 19.4. The van der Waals surface area contributed by atoms with Crippen LogP contribution in [0.15, 0.2) is 24.4 Å². The molecule has 0 aliphatic carbocycles. The minimum atomic E-state index is -0.436. The van der Waals surface area contributed by atoms with Crippen molar-refractivity contribution in [2.45, 2.75) is 0 Å².